The van der Waals surface area contributed by atoms with Gasteiger partial charge in [0, 0.05) is 0 Å². The maximum atomic E-state index is 11.3. The monoisotopic (exact) mass is 620 g/mol. The summed E-state index contributed by atoms with van der Waals surface area (Å²) in [4.78, 5) is 0. The Labute approximate surface area is 284 Å². The van der Waals surface area contributed by atoms with Gasteiger partial charge >= 0.3 is 59.1 Å². The summed E-state index contributed by atoms with van der Waals surface area (Å²) >= 11 is 0. The van der Waals surface area contributed by atoms with Crippen LogP contribution in [0.4, 0.5) is 0 Å². The third-order valence-corrected chi connectivity index (χ3v) is 11.5. The van der Waals surface area contributed by atoms with E-state index in [2.05, 4.69) is 30.7 Å². The van der Waals surface area contributed by atoms with Crippen LogP contribution in [-0.2, 0) is 29.2 Å². The molecule has 0 amide bonds. The molecule has 0 aromatic rings. The minimum atomic E-state index is -4.91. The van der Waals surface area contributed by atoms with Gasteiger partial charge < -0.3 is 14.2 Å². The molecule has 218 valence electrons. The summed E-state index contributed by atoms with van der Waals surface area (Å²) in [5, 5.41) is 11.0. The van der Waals surface area contributed by atoms with Crippen LogP contribution < -0.4 is 59.1 Å². The molecule has 13 heteroatoms. The van der Waals surface area contributed by atoms with Crippen molar-refractivity contribution in [2.24, 2.45) is 40.4 Å². The number of aliphatic hydroxyl groups is 1. The summed E-state index contributed by atoms with van der Waals surface area (Å²) in [6.45, 7) is 10.3. The van der Waals surface area contributed by atoms with Gasteiger partial charge in [-0.05, 0) is 117 Å². The van der Waals surface area contributed by atoms with Gasteiger partial charge in [0.05, 0.1) is 6.61 Å². The second-order valence-electron chi connectivity index (χ2n) is 12.7. The minimum Gasteiger partial charge on any atom is -0.726 e. The molecule has 4 rings (SSSR count). The molecule has 0 saturated heterocycles. The maximum absolute atomic E-state index is 11.3. The van der Waals surface area contributed by atoms with Gasteiger partial charge in [0.25, 0.3) is 0 Å². The summed E-state index contributed by atoms with van der Waals surface area (Å²) < 4.78 is 77.0. The number of fused-ring (bicyclic) bond motifs is 5. The summed E-state index contributed by atoms with van der Waals surface area (Å²) in [7, 11) is -9.67. The van der Waals surface area contributed by atoms with Gasteiger partial charge in [-0.25, -0.2) is 16.8 Å². The van der Waals surface area contributed by atoms with Crippen molar-refractivity contribution in [2.45, 2.75) is 97.2 Å². The van der Waals surface area contributed by atoms with E-state index in [1.807, 2.05) is 6.92 Å². The SMILES string of the molecule is C=C(C)CCC[C@@H](COS(=O)(=O)[O-])[C@H]1CC[C@H]2[C@@H]3CC=C4[C@@H](O)[C@H](OS(=O)(=O)[O-])CC[C@]4(C)[C@H]3CC[C@]12C.[Na+].[Na+]. The first-order valence-corrected chi connectivity index (χ1v) is 16.5. The third kappa shape index (κ3) is 8.06. The Morgan fingerprint density at radius 3 is 2.35 bits per heavy atom. The first-order valence-electron chi connectivity index (χ1n) is 13.8. The Hall–Kier alpha value is 1.18. The van der Waals surface area contributed by atoms with Crippen LogP contribution in [0.15, 0.2) is 23.8 Å². The van der Waals surface area contributed by atoms with Crippen molar-refractivity contribution in [3.05, 3.63) is 23.8 Å². The predicted octanol–water partition coefficient (Wildman–Crippen LogP) is -1.77. The van der Waals surface area contributed by atoms with Gasteiger partial charge in [-0.2, -0.15) is 0 Å². The van der Waals surface area contributed by atoms with Crippen LogP contribution in [-0.4, -0.2) is 49.9 Å². The second-order valence-corrected chi connectivity index (χ2v) is 14.8. The van der Waals surface area contributed by atoms with Crippen molar-refractivity contribution in [3.63, 3.8) is 0 Å². The summed E-state index contributed by atoms with van der Waals surface area (Å²) in [5.41, 5.74) is 1.56. The number of hydrogen-bond donors (Lipinski definition) is 1. The zero-order valence-corrected chi connectivity index (χ0v) is 30.3. The molecule has 0 radical (unpaired) electrons. The van der Waals surface area contributed by atoms with E-state index in [0.717, 1.165) is 62.5 Å². The zero-order chi connectivity index (χ0) is 28.1. The van der Waals surface area contributed by atoms with Crippen LogP contribution in [0, 0.1) is 40.4 Å². The van der Waals surface area contributed by atoms with Crippen molar-refractivity contribution >= 4 is 20.8 Å². The maximum Gasteiger partial charge on any atom is 1.00 e. The summed E-state index contributed by atoms with van der Waals surface area (Å²) in [5.74, 6) is 1.34. The van der Waals surface area contributed by atoms with Crippen LogP contribution >= 0.6 is 0 Å². The fourth-order valence-electron chi connectivity index (χ4n) is 9.01. The molecule has 0 aromatic heterocycles. The average Bonchev–Trinajstić information content (AvgIpc) is 3.14. The standard InChI is InChI=1S/C27H44O9S2.2Na/c1-17(2)6-5-7-18(16-35-37(29,30)31)20-10-11-21-19-8-9-23-25(28)24(36-38(32,33)34)13-15-27(23,4)22(19)12-14-26(20,21)3;;/h9,18-22,24-25,28H,1,5-8,10-16H2,2-4H3,(H,29,30,31)(H,32,33,34);;/q;2*+1/p-2/t18-,19-,20+,21-,22-,24+,25+,26+,27+;;/m0../s1. The first kappa shape index (κ1) is 37.4. The van der Waals surface area contributed by atoms with Crippen molar-refractivity contribution in [2.75, 3.05) is 6.61 Å². The molecule has 3 saturated carbocycles. The molecule has 4 aliphatic carbocycles. The molecule has 4 aliphatic rings. The van der Waals surface area contributed by atoms with Crippen LogP contribution in [0.1, 0.15) is 85.0 Å². The van der Waals surface area contributed by atoms with Crippen molar-refractivity contribution in [3.8, 4) is 0 Å². The van der Waals surface area contributed by atoms with Crippen molar-refractivity contribution in [1.29, 1.82) is 0 Å². The van der Waals surface area contributed by atoms with E-state index in [4.69, 9.17) is 4.18 Å². The first-order chi connectivity index (χ1) is 17.6. The van der Waals surface area contributed by atoms with E-state index in [1.165, 1.54) is 0 Å². The molecule has 0 bridgehead atoms. The Bertz CT molecular complexity index is 1160. The number of aliphatic hydroxyl groups excluding tert-OH is 1. The van der Waals surface area contributed by atoms with E-state index in [9.17, 15) is 31.0 Å². The molecule has 3 fully saturated rings. The fraction of sp³-hybridized carbons (Fsp3) is 0.852. The zero-order valence-electron chi connectivity index (χ0n) is 24.6. The van der Waals surface area contributed by atoms with E-state index >= 15 is 0 Å². The normalized spacial score (nSPS) is 38.0. The second kappa shape index (κ2) is 14.1. The molecule has 0 aliphatic heterocycles. The molecular weight excluding hydrogens is 578 g/mol. The van der Waals surface area contributed by atoms with Crippen LogP contribution in [0.3, 0.4) is 0 Å². The Morgan fingerprint density at radius 1 is 1.07 bits per heavy atom. The van der Waals surface area contributed by atoms with Crippen LogP contribution in [0.2, 0.25) is 0 Å². The smallest absolute Gasteiger partial charge is 0.726 e. The molecular formula is C27H42Na2O9S2. The quantitative estimate of drug-likeness (QED) is 0.129. The Balaban J connectivity index is 0.00000280. The van der Waals surface area contributed by atoms with Gasteiger partial charge in [0.15, 0.2) is 0 Å². The van der Waals surface area contributed by atoms with Gasteiger partial charge in [-0.15, -0.1) is 6.58 Å². The van der Waals surface area contributed by atoms with Gasteiger partial charge in [0.2, 0.25) is 20.8 Å². The fourth-order valence-corrected chi connectivity index (χ4v) is 9.86. The van der Waals surface area contributed by atoms with E-state index in [0.29, 0.717) is 30.6 Å². The van der Waals surface area contributed by atoms with Gasteiger partial charge in [0.1, 0.15) is 12.2 Å². The molecule has 0 heterocycles. The summed E-state index contributed by atoms with van der Waals surface area (Å²) in [6, 6.07) is 0. The molecule has 40 heavy (non-hydrogen) atoms. The van der Waals surface area contributed by atoms with Crippen molar-refractivity contribution in [1.82, 2.24) is 0 Å². The van der Waals surface area contributed by atoms with Gasteiger partial charge in [-0.3, -0.25) is 8.37 Å². The Morgan fingerprint density at radius 2 is 1.75 bits per heavy atom. The van der Waals surface area contributed by atoms with E-state index in [1.54, 1.807) is 0 Å². The minimum absolute atomic E-state index is 0. The molecule has 0 unspecified atom stereocenters. The van der Waals surface area contributed by atoms with Crippen LogP contribution in [0.5, 0.6) is 0 Å². The van der Waals surface area contributed by atoms with E-state index < -0.39 is 33.0 Å². The predicted molar refractivity (Wildman–Crippen MR) is 139 cm³/mol. The Kier molecular flexibility index (Phi) is 13.2. The van der Waals surface area contributed by atoms with Crippen LogP contribution in [0.25, 0.3) is 0 Å². The molecule has 1 N–H and O–H groups in total. The van der Waals surface area contributed by atoms with E-state index in [-0.39, 0.29) is 88.4 Å². The number of allylic oxidation sites excluding steroid dienone is 2. The number of hydrogen-bond acceptors (Lipinski definition) is 9. The average molecular weight is 621 g/mol. The van der Waals surface area contributed by atoms with Crippen molar-refractivity contribution < 1.29 is 98.5 Å². The molecule has 9 atom stereocenters. The molecule has 9 nitrogen and oxygen atoms in total. The largest absolute Gasteiger partial charge is 1.00 e. The van der Waals surface area contributed by atoms with Gasteiger partial charge in [-0.1, -0.05) is 25.5 Å². The molecule has 0 spiro atoms. The molecule has 0 aromatic carbocycles. The third-order valence-electron chi connectivity index (χ3n) is 10.6. The summed E-state index contributed by atoms with van der Waals surface area (Å²) in [6.07, 6.45) is 7.97. The number of rotatable bonds is 10. The topological polar surface area (TPSA) is 153 Å².